The first kappa shape index (κ1) is 13.8. The molecular formula is C15H21N3O. The van der Waals surface area contributed by atoms with Crippen molar-refractivity contribution in [3.8, 4) is 0 Å². The fourth-order valence-corrected chi connectivity index (χ4v) is 2.28. The van der Waals surface area contributed by atoms with E-state index in [1.54, 1.807) is 6.92 Å². The fourth-order valence-electron chi connectivity index (χ4n) is 2.28. The number of para-hydroxylation sites is 1. The van der Waals surface area contributed by atoms with Gasteiger partial charge in [0.2, 0.25) is 0 Å². The van der Waals surface area contributed by atoms with Gasteiger partial charge in [0.05, 0.1) is 11.6 Å². The molecule has 0 aliphatic rings. The van der Waals surface area contributed by atoms with Gasteiger partial charge in [-0.3, -0.25) is 0 Å². The molecule has 0 radical (unpaired) electrons. The van der Waals surface area contributed by atoms with Crippen molar-refractivity contribution in [2.24, 2.45) is 0 Å². The van der Waals surface area contributed by atoms with Crippen molar-refractivity contribution in [2.75, 3.05) is 25.5 Å². The van der Waals surface area contributed by atoms with Crippen LogP contribution in [0.15, 0.2) is 30.3 Å². The maximum Gasteiger partial charge on any atom is 0.133 e. The highest BCUT2D eigenvalue weighted by Gasteiger charge is 2.12. The lowest BCUT2D eigenvalue weighted by Gasteiger charge is -2.23. The van der Waals surface area contributed by atoms with Crippen LogP contribution in [0.4, 0.5) is 5.82 Å². The summed E-state index contributed by atoms with van der Waals surface area (Å²) in [4.78, 5) is 6.73. The zero-order valence-corrected chi connectivity index (χ0v) is 11.7. The van der Waals surface area contributed by atoms with Crippen LogP contribution in [-0.4, -0.2) is 36.8 Å². The molecule has 0 aliphatic heterocycles. The third kappa shape index (κ3) is 3.22. The van der Waals surface area contributed by atoms with Crippen LogP contribution in [0.3, 0.4) is 0 Å². The van der Waals surface area contributed by atoms with E-state index < -0.39 is 0 Å². The lowest BCUT2D eigenvalue weighted by Crippen LogP contribution is -2.29. The number of fused-ring (bicyclic) bond motifs is 1. The number of aliphatic hydroxyl groups excluding tert-OH is 1. The van der Waals surface area contributed by atoms with E-state index in [4.69, 9.17) is 4.98 Å². The van der Waals surface area contributed by atoms with Gasteiger partial charge in [-0.1, -0.05) is 18.2 Å². The molecule has 1 aromatic heterocycles. The molecule has 1 unspecified atom stereocenters. The normalized spacial score (nSPS) is 12.6. The Morgan fingerprint density at radius 3 is 2.79 bits per heavy atom. The summed E-state index contributed by atoms with van der Waals surface area (Å²) in [5, 5.41) is 13.8. The average molecular weight is 259 g/mol. The zero-order valence-electron chi connectivity index (χ0n) is 11.7. The Hall–Kier alpha value is -1.65. The number of aromatic nitrogens is 1. The summed E-state index contributed by atoms with van der Waals surface area (Å²) in [6.07, 6.45) is -0.374. The number of nitrogens with one attached hydrogen (secondary N) is 1. The number of rotatable bonds is 5. The largest absolute Gasteiger partial charge is 0.392 e. The van der Waals surface area contributed by atoms with Crippen LogP contribution in [0.5, 0.6) is 0 Å². The first-order chi connectivity index (χ1) is 9.11. The molecule has 1 heterocycles. The van der Waals surface area contributed by atoms with E-state index in [1.807, 2.05) is 37.2 Å². The van der Waals surface area contributed by atoms with Crippen LogP contribution >= 0.6 is 0 Å². The SMILES string of the molecule is CNCc1cc2ccccc2nc1N(C)CC(C)O. The second-order valence-corrected chi connectivity index (χ2v) is 4.92. The molecule has 0 bridgehead atoms. The molecule has 2 N–H and O–H groups in total. The lowest BCUT2D eigenvalue weighted by atomic mass is 10.1. The van der Waals surface area contributed by atoms with Gasteiger partial charge >= 0.3 is 0 Å². The number of hydrogen-bond acceptors (Lipinski definition) is 4. The molecule has 2 rings (SSSR count). The van der Waals surface area contributed by atoms with Crippen LogP contribution in [-0.2, 0) is 6.54 Å². The number of anilines is 1. The van der Waals surface area contributed by atoms with E-state index >= 15 is 0 Å². The monoisotopic (exact) mass is 259 g/mol. The Kier molecular flexibility index (Phi) is 4.35. The van der Waals surface area contributed by atoms with Gasteiger partial charge in [-0.15, -0.1) is 0 Å². The van der Waals surface area contributed by atoms with Crippen molar-refractivity contribution in [2.45, 2.75) is 19.6 Å². The third-order valence-electron chi connectivity index (χ3n) is 3.05. The number of benzene rings is 1. The molecule has 1 atom stereocenters. The van der Waals surface area contributed by atoms with E-state index in [0.717, 1.165) is 28.8 Å². The van der Waals surface area contributed by atoms with Crippen LogP contribution in [0, 0.1) is 0 Å². The first-order valence-electron chi connectivity index (χ1n) is 6.54. The predicted molar refractivity (Wildman–Crippen MR) is 79.5 cm³/mol. The van der Waals surface area contributed by atoms with Gasteiger partial charge in [0.25, 0.3) is 0 Å². The van der Waals surface area contributed by atoms with Gasteiger partial charge in [0.15, 0.2) is 0 Å². The van der Waals surface area contributed by atoms with E-state index in [9.17, 15) is 5.11 Å². The molecule has 0 aliphatic carbocycles. The minimum Gasteiger partial charge on any atom is -0.392 e. The van der Waals surface area contributed by atoms with Gasteiger partial charge in [-0.25, -0.2) is 4.98 Å². The summed E-state index contributed by atoms with van der Waals surface area (Å²) < 4.78 is 0. The topological polar surface area (TPSA) is 48.4 Å². The van der Waals surface area contributed by atoms with E-state index in [1.165, 1.54) is 0 Å². The van der Waals surface area contributed by atoms with Crippen molar-refractivity contribution in [1.29, 1.82) is 0 Å². The zero-order chi connectivity index (χ0) is 13.8. The molecule has 19 heavy (non-hydrogen) atoms. The standard InChI is InChI=1S/C15H21N3O/c1-11(19)10-18(3)15-13(9-16-2)8-12-6-4-5-7-14(12)17-15/h4-8,11,16,19H,9-10H2,1-3H3. The molecule has 2 aromatic rings. The minimum atomic E-state index is -0.374. The summed E-state index contributed by atoms with van der Waals surface area (Å²) in [7, 11) is 3.89. The molecule has 0 saturated carbocycles. The lowest BCUT2D eigenvalue weighted by molar-refractivity contribution is 0.201. The molecular weight excluding hydrogens is 238 g/mol. The summed E-state index contributed by atoms with van der Waals surface area (Å²) >= 11 is 0. The van der Waals surface area contributed by atoms with Crippen molar-refractivity contribution in [3.05, 3.63) is 35.9 Å². The summed E-state index contributed by atoms with van der Waals surface area (Å²) in [6.45, 7) is 3.12. The highest BCUT2D eigenvalue weighted by Crippen LogP contribution is 2.23. The molecule has 4 heteroatoms. The summed E-state index contributed by atoms with van der Waals surface area (Å²) in [5.41, 5.74) is 2.12. The second kappa shape index (κ2) is 5.99. The highest BCUT2D eigenvalue weighted by atomic mass is 16.3. The van der Waals surface area contributed by atoms with Crippen LogP contribution in [0.1, 0.15) is 12.5 Å². The Morgan fingerprint density at radius 1 is 1.37 bits per heavy atom. The van der Waals surface area contributed by atoms with E-state index in [0.29, 0.717) is 6.54 Å². The van der Waals surface area contributed by atoms with Crippen molar-refractivity contribution in [3.63, 3.8) is 0 Å². The molecule has 0 saturated heterocycles. The van der Waals surface area contributed by atoms with Crippen LogP contribution in [0.25, 0.3) is 10.9 Å². The third-order valence-corrected chi connectivity index (χ3v) is 3.05. The number of nitrogens with zero attached hydrogens (tertiary/aromatic N) is 2. The van der Waals surface area contributed by atoms with Gasteiger partial charge < -0.3 is 15.3 Å². The Morgan fingerprint density at radius 2 is 2.11 bits per heavy atom. The smallest absolute Gasteiger partial charge is 0.133 e. The fraction of sp³-hybridized carbons (Fsp3) is 0.400. The molecule has 1 aromatic carbocycles. The van der Waals surface area contributed by atoms with Crippen molar-refractivity contribution in [1.82, 2.24) is 10.3 Å². The van der Waals surface area contributed by atoms with Gasteiger partial charge in [-0.05, 0) is 26.1 Å². The quantitative estimate of drug-likeness (QED) is 0.859. The summed E-state index contributed by atoms with van der Waals surface area (Å²) in [6, 6.07) is 10.3. The maximum atomic E-state index is 9.53. The maximum absolute atomic E-state index is 9.53. The average Bonchev–Trinajstić information content (AvgIpc) is 2.37. The number of aliphatic hydroxyl groups is 1. The van der Waals surface area contributed by atoms with Gasteiger partial charge in [0.1, 0.15) is 5.82 Å². The van der Waals surface area contributed by atoms with Gasteiger partial charge in [-0.2, -0.15) is 0 Å². The van der Waals surface area contributed by atoms with Crippen molar-refractivity contribution < 1.29 is 5.11 Å². The minimum absolute atomic E-state index is 0.374. The predicted octanol–water partition coefficient (Wildman–Crippen LogP) is 1.77. The van der Waals surface area contributed by atoms with Gasteiger partial charge in [0, 0.05) is 31.1 Å². The van der Waals surface area contributed by atoms with Crippen molar-refractivity contribution >= 4 is 16.7 Å². The highest BCUT2D eigenvalue weighted by molar-refractivity contribution is 5.81. The molecule has 0 fully saturated rings. The second-order valence-electron chi connectivity index (χ2n) is 4.92. The molecule has 102 valence electrons. The number of pyridine rings is 1. The van der Waals surface area contributed by atoms with Crippen LogP contribution < -0.4 is 10.2 Å². The molecule has 4 nitrogen and oxygen atoms in total. The van der Waals surface area contributed by atoms with E-state index in [2.05, 4.69) is 17.4 Å². The Bertz CT molecular complexity index is 554. The Balaban J connectivity index is 2.46. The Labute approximate surface area is 114 Å². The number of likely N-dealkylation sites (N-methyl/N-ethyl adjacent to an activating group) is 1. The summed E-state index contributed by atoms with van der Waals surface area (Å²) in [5.74, 6) is 0.925. The number of hydrogen-bond donors (Lipinski definition) is 2. The molecule has 0 spiro atoms. The first-order valence-corrected chi connectivity index (χ1v) is 6.54. The van der Waals surface area contributed by atoms with Crippen LogP contribution in [0.2, 0.25) is 0 Å². The molecule has 0 amide bonds. The van der Waals surface area contributed by atoms with E-state index in [-0.39, 0.29) is 6.10 Å².